The number of pyridine rings is 1. The Hall–Kier alpha value is -2.02. The number of carboxylic acid groups (broad SMARTS) is 1. The highest BCUT2D eigenvalue weighted by Gasteiger charge is 2.20. The summed E-state index contributed by atoms with van der Waals surface area (Å²) in [5.41, 5.74) is -0.992. The van der Waals surface area contributed by atoms with Crippen molar-refractivity contribution in [1.29, 1.82) is 0 Å². The van der Waals surface area contributed by atoms with Gasteiger partial charge >= 0.3 is 5.97 Å². The lowest BCUT2D eigenvalue weighted by molar-refractivity contribution is 0.0679. The number of ether oxygens (including phenoxy) is 1. The van der Waals surface area contributed by atoms with Gasteiger partial charge in [-0.1, -0.05) is 5.92 Å². The Morgan fingerprint density at radius 1 is 1.67 bits per heavy atom. The minimum Gasteiger partial charge on any atom is -0.476 e. The Balaban J connectivity index is 3.06. The highest BCUT2D eigenvalue weighted by atomic mass is 16.5. The molecule has 0 aliphatic heterocycles. The fraction of sp³-hybridized carbons (Fsp3) is 0.273. The van der Waals surface area contributed by atoms with Gasteiger partial charge < -0.3 is 9.84 Å². The van der Waals surface area contributed by atoms with Gasteiger partial charge in [0.05, 0.1) is 0 Å². The molecule has 78 valence electrons. The van der Waals surface area contributed by atoms with Crippen molar-refractivity contribution < 1.29 is 14.6 Å². The Kier molecular flexibility index (Phi) is 2.96. The van der Waals surface area contributed by atoms with Crippen LogP contribution in [0.4, 0.5) is 0 Å². The summed E-state index contributed by atoms with van der Waals surface area (Å²) in [6, 6.07) is 3.11. The Labute approximate surface area is 87.9 Å². The summed E-state index contributed by atoms with van der Waals surface area (Å²) in [4.78, 5) is 14.5. The van der Waals surface area contributed by atoms with Crippen molar-refractivity contribution in [3.63, 3.8) is 0 Å². The van der Waals surface area contributed by atoms with E-state index in [2.05, 4.69) is 10.9 Å². The van der Waals surface area contributed by atoms with E-state index in [9.17, 15) is 4.79 Å². The largest absolute Gasteiger partial charge is 0.476 e. The van der Waals surface area contributed by atoms with Crippen molar-refractivity contribution in [2.24, 2.45) is 0 Å². The summed E-state index contributed by atoms with van der Waals surface area (Å²) < 4.78 is 5.36. The standard InChI is InChI=1S/C11H11NO3/c1-4-11(2,3)15-8-6-5-7-12-9(8)10(13)14/h1,5-7H,2-3H3,(H,13,14). The predicted molar refractivity (Wildman–Crippen MR) is 54.7 cm³/mol. The van der Waals surface area contributed by atoms with Crippen LogP contribution >= 0.6 is 0 Å². The third kappa shape index (κ3) is 2.71. The average molecular weight is 205 g/mol. The van der Waals surface area contributed by atoms with E-state index in [4.69, 9.17) is 16.3 Å². The Bertz CT molecular complexity index is 418. The molecule has 0 spiro atoms. The second-order valence-electron chi connectivity index (χ2n) is 3.41. The van der Waals surface area contributed by atoms with E-state index in [0.717, 1.165) is 0 Å². The van der Waals surface area contributed by atoms with Gasteiger partial charge in [-0.25, -0.2) is 9.78 Å². The number of terminal acetylenes is 1. The molecule has 1 N–H and O–H groups in total. The molecular weight excluding hydrogens is 194 g/mol. The number of aromatic carboxylic acids is 1. The average Bonchev–Trinajstić information content (AvgIpc) is 2.18. The maximum absolute atomic E-state index is 10.8. The van der Waals surface area contributed by atoms with Gasteiger partial charge in [0.2, 0.25) is 0 Å². The lowest BCUT2D eigenvalue weighted by atomic mass is 10.1. The quantitative estimate of drug-likeness (QED) is 0.761. The summed E-state index contributed by atoms with van der Waals surface area (Å²) in [6.45, 7) is 3.34. The maximum Gasteiger partial charge on any atom is 0.358 e. The first-order valence-corrected chi connectivity index (χ1v) is 4.31. The fourth-order valence-electron chi connectivity index (χ4n) is 0.938. The van der Waals surface area contributed by atoms with Gasteiger partial charge in [-0.3, -0.25) is 0 Å². The summed E-state index contributed by atoms with van der Waals surface area (Å²) >= 11 is 0. The first-order valence-electron chi connectivity index (χ1n) is 4.31. The smallest absolute Gasteiger partial charge is 0.358 e. The van der Waals surface area contributed by atoms with Crippen molar-refractivity contribution in [2.75, 3.05) is 0 Å². The second-order valence-corrected chi connectivity index (χ2v) is 3.41. The third-order valence-electron chi connectivity index (χ3n) is 1.69. The van der Waals surface area contributed by atoms with E-state index < -0.39 is 11.6 Å². The minimum atomic E-state index is -1.14. The number of nitrogens with zero attached hydrogens (tertiary/aromatic N) is 1. The molecule has 0 bridgehead atoms. The van der Waals surface area contributed by atoms with Gasteiger partial charge in [0.15, 0.2) is 17.0 Å². The van der Waals surface area contributed by atoms with Gasteiger partial charge in [0.1, 0.15) is 0 Å². The van der Waals surface area contributed by atoms with Crippen LogP contribution < -0.4 is 4.74 Å². The molecule has 0 atom stereocenters. The van der Waals surface area contributed by atoms with Crippen molar-refractivity contribution in [1.82, 2.24) is 4.98 Å². The number of aromatic nitrogens is 1. The molecule has 4 heteroatoms. The molecule has 0 aliphatic rings. The summed E-state index contributed by atoms with van der Waals surface area (Å²) in [5.74, 6) is 1.45. The number of carbonyl (C=O) groups is 1. The molecule has 0 aromatic carbocycles. The van der Waals surface area contributed by atoms with Crippen LogP contribution in [0.15, 0.2) is 18.3 Å². The van der Waals surface area contributed by atoms with Gasteiger partial charge in [-0.15, -0.1) is 6.42 Å². The first-order chi connectivity index (χ1) is 6.96. The molecule has 15 heavy (non-hydrogen) atoms. The molecule has 1 aromatic rings. The van der Waals surface area contributed by atoms with E-state index in [-0.39, 0.29) is 11.4 Å². The highest BCUT2D eigenvalue weighted by molar-refractivity contribution is 5.88. The number of hydrogen-bond acceptors (Lipinski definition) is 3. The number of carboxylic acids is 1. The monoisotopic (exact) mass is 205 g/mol. The van der Waals surface area contributed by atoms with E-state index in [0.29, 0.717) is 0 Å². The zero-order chi connectivity index (χ0) is 11.5. The summed E-state index contributed by atoms with van der Waals surface area (Å²) in [6.07, 6.45) is 6.63. The SMILES string of the molecule is C#CC(C)(C)Oc1cccnc1C(=O)O. The number of rotatable bonds is 3. The van der Waals surface area contributed by atoms with Crippen LogP contribution in [0.1, 0.15) is 24.3 Å². The second kappa shape index (κ2) is 4.01. The third-order valence-corrected chi connectivity index (χ3v) is 1.69. The van der Waals surface area contributed by atoms with Crippen LogP contribution in [-0.2, 0) is 0 Å². The fourth-order valence-corrected chi connectivity index (χ4v) is 0.938. The first kappa shape index (κ1) is 11.1. The molecule has 0 amide bonds. The van der Waals surface area contributed by atoms with Crippen molar-refractivity contribution in [2.45, 2.75) is 19.4 Å². The molecule has 1 rings (SSSR count). The number of hydrogen-bond donors (Lipinski definition) is 1. The van der Waals surface area contributed by atoms with Crippen LogP contribution in [0.2, 0.25) is 0 Å². The summed E-state index contributed by atoms with van der Waals surface area (Å²) in [5, 5.41) is 8.84. The zero-order valence-corrected chi connectivity index (χ0v) is 8.52. The van der Waals surface area contributed by atoms with Gasteiger partial charge in [0.25, 0.3) is 0 Å². The van der Waals surface area contributed by atoms with E-state index in [1.807, 2.05) is 0 Å². The lowest BCUT2D eigenvalue weighted by Gasteiger charge is -2.20. The van der Waals surface area contributed by atoms with Crippen molar-refractivity contribution >= 4 is 5.97 Å². The highest BCUT2D eigenvalue weighted by Crippen LogP contribution is 2.20. The molecule has 1 aromatic heterocycles. The topological polar surface area (TPSA) is 59.4 Å². The van der Waals surface area contributed by atoms with Crippen molar-refractivity contribution in [3.05, 3.63) is 24.0 Å². The zero-order valence-electron chi connectivity index (χ0n) is 8.52. The van der Waals surface area contributed by atoms with Gasteiger partial charge in [0, 0.05) is 6.20 Å². The van der Waals surface area contributed by atoms with Crippen LogP contribution in [-0.4, -0.2) is 21.7 Å². The molecule has 4 nitrogen and oxygen atoms in total. The van der Waals surface area contributed by atoms with Crippen LogP contribution in [0.5, 0.6) is 5.75 Å². The van der Waals surface area contributed by atoms with Gasteiger partial charge in [-0.2, -0.15) is 0 Å². The van der Waals surface area contributed by atoms with Crippen LogP contribution in [0, 0.1) is 12.3 Å². The molecule has 0 saturated carbocycles. The molecule has 0 aliphatic carbocycles. The van der Waals surface area contributed by atoms with E-state index in [1.165, 1.54) is 12.3 Å². The summed E-state index contributed by atoms with van der Waals surface area (Å²) in [7, 11) is 0. The normalized spacial score (nSPS) is 10.5. The molecule has 0 fully saturated rings. The van der Waals surface area contributed by atoms with Crippen LogP contribution in [0.25, 0.3) is 0 Å². The predicted octanol–water partition coefficient (Wildman–Crippen LogP) is 1.57. The molecular formula is C11H11NO3. The Morgan fingerprint density at radius 3 is 2.87 bits per heavy atom. The minimum absolute atomic E-state index is 0.138. The van der Waals surface area contributed by atoms with Crippen LogP contribution in [0.3, 0.4) is 0 Å². The molecule has 0 radical (unpaired) electrons. The molecule has 0 saturated heterocycles. The lowest BCUT2D eigenvalue weighted by Crippen LogP contribution is -2.26. The van der Waals surface area contributed by atoms with E-state index >= 15 is 0 Å². The van der Waals surface area contributed by atoms with Gasteiger partial charge in [-0.05, 0) is 26.0 Å². The Morgan fingerprint density at radius 2 is 2.33 bits per heavy atom. The molecule has 1 heterocycles. The maximum atomic E-state index is 10.8. The van der Waals surface area contributed by atoms with E-state index in [1.54, 1.807) is 19.9 Å². The molecule has 0 unspecified atom stereocenters. The van der Waals surface area contributed by atoms with Crippen molar-refractivity contribution in [3.8, 4) is 18.1 Å².